The Morgan fingerprint density at radius 1 is 1.13 bits per heavy atom. The van der Waals surface area contributed by atoms with Crippen LogP contribution in [0.25, 0.3) is 10.9 Å². The molecule has 1 atom stereocenters. The average molecular weight is 315 g/mol. The highest BCUT2D eigenvalue weighted by molar-refractivity contribution is 5.76. The van der Waals surface area contributed by atoms with Crippen molar-refractivity contribution in [3.05, 3.63) is 45.1 Å². The molecular formula is C18H25N3O2. The number of likely N-dealkylation sites (tertiary alicyclic amines) is 1. The lowest BCUT2D eigenvalue weighted by Gasteiger charge is -2.29. The summed E-state index contributed by atoms with van der Waals surface area (Å²) < 4.78 is 1.38. The Morgan fingerprint density at radius 3 is 2.52 bits per heavy atom. The van der Waals surface area contributed by atoms with Gasteiger partial charge in [-0.2, -0.15) is 0 Å². The zero-order valence-electron chi connectivity index (χ0n) is 13.9. The maximum absolute atomic E-state index is 12.7. The summed E-state index contributed by atoms with van der Waals surface area (Å²) in [6, 6.07) is 7.45. The van der Waals surface area contributed by atoms with E-state index in [1.54, 1.807) is 12.1 Å². The summed E-state index contributed by atoms with van der Waals surface area (Å²) in [4.78, 5) is 30.4. The van der Waals surface area contributed by atoms with Crippen LogP contribution in [0.3, 0.4) is 0 Å². The molecule has 2 heterocycles. The van der Waals surface area contributed by atoms with Crippen LogP contribution in [0.4, 0.5) is 0 Å². The molecule has 5 nitrogen and oxygen atoms in total. The Morgan fingerprint density at radius 2 is 1.83 bits per heavy atom. The molecule has 1 aromatic heterocycles. The van der Waals surface area contributed by atoms with Crippen molar-refractivity contribution < 1.29 is 0 Å². The maximum atomic E-state index is 12.7. The van der Waals surface area contributed by atoms with Gasteiger partial charge in [-0.15, -0.1) is 0 Å². The van der Waals surface area contributed by atoms with E-state index in [2.05, 4.69) is 23.7 Å². The largest absolute Gasteiger partial charge is 0.328 e. The Bertz CT molecular complexity index is 785. The van der Waals surface area contributed by atoms with Crippen LogP contribution in [0.5, 0.6) is 0 Å². The van der Waals surface area contributed by atoms with Crippen LogP contribution >= 0.6 is 0 Å². The first-order valence-corrected chi connectivity index (χ1v) is 8.52. The second-order valence-corrected chi connectivity index (χ2v) is 6.92. The second kappa shape index (κ2) is 6.71. The van der Waals surface area contributed by atoms with Crippen molar-refractivity contribution in [2.24, 2.45) is 5.92 Å². The van der Waals surface area contributed by atoms with E-state index in [9.17, 15) is 9.59 Å². The zero-order valence-corrected chi connectivity index (χ0v) is 13.9. The minimum atomic E-state index is -0.304. The Labute approximate surface area is 135 Å². The maximum Gasteiger partial charge on any atom is 0.328 e. The van der Waals surface area contributed by atoms with Gasteiger partial charge in [0.1, 0.15) is 0 Å². The van der Waals surface area contributed by atoms with E-state index < -0.39 is 0 Å². The summed E-state index contributed by atoms with van der Waals surface area (Å²) >= 11 is 0. The Kier molecular flexibility index (Phi) is 4.66. The van der Waals surface area contributed by atoms with E-state index >= 15 is 0 Å². The van der Waals surface area contributed by atoms with Gasteiger partial charge in [0, 0.05) is 12.6 Å². The first-order valence-electron chi connectivity index (χ1n) is 8.52. The molecule has 1 aliphatic rings. The third-order valence-corrected chi connectivity index (χ3v) is 4.68. The van der Waals surface area contributed by atoms with Gasteiger partial charge in [-0.1, -0.05) is 26.0 Å². The quantitative estimate of drug-likeness (QED) is 0.920. The lowest BCUT2D eigenvalue weighted by molar-refractivity contribution is 0.188. The predicted octanol–water partition coefficient (Wildman–Crippen LogP) is 2.20. The molecule has 0 radical (unpaired) electrons. The lowest BCUT2D eigenvalue weighted by atomic mass is 10.0. The fraction of sp³-hybridized carbons (Fsp3) is 0.556. The van der Waals surface area contributed by atoms with Crippen LogP contribution < -0.4 is 11.2 Å². The normalized spacial score (nSPS) is 17.2. The van der Waals surface area contributed by atoms with E-state index in [1.165, 1.54) is 17.4 Å². The van der Waals surface area contributed by atoms with Gasteiger partial charge in [0.15, 0.2) is 0 Å². The van der Waals surface area contributed by atoms with Crippen LogP contribution in [0.1, 0.15) is 33.1 Å². The van der Waals surface area contributed by atoms with Gasteiger partial charge in [-0.25, -0.2) is 4.79 Å². The van der Waals surface area contributed by atoms with E-state index in [1.807, 2.05) is 12.1 Å². The first kappa shape index (κ1) is 16.0. The summed E-state index contributed by atoms with van der Waals surface area (Å²) in [6.45, 7) is 6.99. The summed E-state index contributed by atoms with van der Waals surface area (Å²) in [5.41, 5.74) is 0.124. The molecule has 1 aromatic carbocycles. The number of benzene rings is 1. The topological polar surface area (TPSA) is 58.1 Å². The average Bonchev–Trinajstić information content (AvgIpc) is 3.04. The van der Waals surface area contributed by atoms with Crippen molar-refractivity contribution >= 4 is 10.9 Å². The van der Waals surface area contributed by atoms with Gasteiger partial charge in [0.25, 0.3) is 5.56 Å². The molecule has 0 amide bonds. The fourth-order valence-electron chi connectivity index (χ4n) is 3.57. The van der Waals surface area contributed by atoms with Crippen molar-refractivity contribution in [1.29, 1.82) is 0 Å². The van der Waals surface area contributed by atoms with Gasteiger partial charge < -0.3 is 4.98 Å². The molecule has 5 heteroatoms. The number of H-pyrrole nitrogens is 1. The molecule has 0 spiro atoms. The van der Waals surface area contributed by atoms with Crippen molar-refractivity contribution in [1.82, 2.24) is 14.5 Å². The number of hydrogen-bond acceptors (Lipinski definition) is 3. The summed E-state index contributed by atoms with van der Waals surface area (Å²) in [5, 5.41) is 0.580. The molecule has 1 fully saturated rings. The Balaban J connectivity index is 1.97. The van der Waals surface area contributed by atoms with E-state index in [0.29, 0.717) is 23.4 Å². The molecule has 0 bridgehead atoms. The van der Waals surface area contributed by atoms with Gasteiger partial charge in [0.2, 0.25) is 0 Å². The smallest absolute Gasteiger partial charge is 0.307 e. The molecule has 1 N–H and O–H groups in total. The SMILES string of the molecule is CC(C)C[C@H](Cn1c(=O)[nH]c2ccccc2c1=O)N1CCCC1. The number of aromatic amines is 1. The summed E-state index contributed by atoms with van der Waals surface area (Å²) in [7, 11) is 0. The molecule has 0 unspecified atom stereocenters. The second-order valence-electron chi connectivity index (χ2n) is 6.92. The van der Waals surface area contributed by atoms with Gasteiger partial charge in [-0.3, -0.25) is 14.3 Å². The number of para-hydroxylation sites is 1. The van der Waals surface area contributed by atoms with Crippen LogP contribution in [0.15, 0.2) is 33.9 Å². The number of hydrogen-bond donors (Lipinski definition) is 1. The third-order valence-electron chi connectivity index (χ3n) is 4.68. The van der Waals surface area contributed by atoms with Gasteiger partial charge >= 0.3 is 5.69 Å². The fourth-order valence-corrected chi connectivity index (χ4v) is 3.57. The number of nitrogens with one attached hydrogen (secondary N) is 1. The molecule has 1 aliphatic heterocycles. The lowest BCUT2D eigenvalue weighted by Crippen LogP contribution is -2.44. The molecule has 23 heavy (non-hydrogen) atoms. The van der Waals surface area contributed by atoms with Crippen LogP contribution in [-0.4, -0.2) is 33.6 Å². The van der Waals surface area contributed by atoms with E-state index in [4.69, 9.17) is 0 Å². The van der Waals surface area contributed by atoms with Gasteiger partial charge in [-0.05, 0) is 50.4 Å². The predicted molar refractivity (Wildman–Crippen MR) is 92.9 cm³/mol. The molecule has 124 valence electrons. The number of nitrogens with zero attached hydrogens (tertiary/aromatic N) is 2. The van der Waals surface area contributed by atoms with Crippen LogP contribution in [-0.2, 0) is 6.54 Å². The Hall–Kier alpha value is -1.88. The third kappa shape index (κ3) is 3.39. The van der Waals surface area contributed by atoms with Crippen molar-refractivity contribution in [2.75, 3.05) is 13.1 Å². The van der Waals surface area contributed by atoms with Crippen LogP contribution in [0.2, 0.25) is 0 Å². The van der Waals surface area contributed by atoms with Crippen molar-refractivity contribution in [3.8, 4) is 0 Å². The number of rotatable bonds is 5. The molecule has 0 saturated carbocycles. The van der Waals surface area contributed by atoms with E-state index in [-0.39, 0.29) is 17.3 Å². The first-order chi connectivity index (χ1) is 11.1. The monoisotopic (exact) mass is 315 g/mol. The van der Waals surface area contributed by atoms with Gasteiger partial charge in [0.05, 0.1) is 10.9 Å². The van der Waals surface area contributed by atoms with Crippen molar-refractivity contribution in [3.63, 3.8) is 0 Å². The molecule has 1 saturated heterocycles. The standard InChI is InChI=1S/C18H25N3O2/c1-13(2)11-14(20-9-5-6-10-20)12-21-17(22)15-7-3-4-8-16(15)19-18(21)23/h3-4,7-8,13-14H,5-6,9-12H2,1-2H3,(H,19,23)/t14-/m1/s1. The zero-order chi connectivity index (χ0) is 16.4. The van der Waals surface area contributed by atoms with Crippen LogP contribution in [0, 0.1) is 5.92 Å². The minimum absolute atomic E-state index is 0.183. The highest BCUT2D eigenvalue weighted by Gasteiger charge is 2.24. The molecule has 0 aliphatic carbocycles. The highest BCUT2D eigenvalue weighted by atomic mass is 16.2. The minimum Gasteiger partial charge on any atom is -0.307 e. The summed E-state index contributed by atoms with van der Waals surface area (Å²) in [5.74, 6) is 0.538. The number of fused-ring (bicyclic) bond motifs is 1. The van der Waals surface area contributed by atoms with E-state index in [0.717, 1.165) is 19.5 Å². The highest BCUT2D eigenvalue weighted by Crippen LogP contribution is 2.18. The number of aromatic nitrogens is 2. The summed E-state index contributed by atoms with van der Waals surface area (Å²) in [6.07, 6.45) is 3.41. The molecule has 2 aromatic rings. The molecular weight excluding hydrogens is 290 g/mol. The van der Waals surface area contributed by atoms with Crippen molar-refractivity contribution in [2.45, 2.75) is 45.7 Å². The molecule has 3 rings (SSSR count).